The molecule has 1 aliphatic carbocycles. The molecule has 1 heterocycles. The van der Waals surface area contributed by atoms with Gasteiger partial charge >= 0.3 is 12.1 Å². The molecule has 4 atom stereocenters. The normalized spacial score (nSPS) is 22.8. The molecule has 2 aromatic carbocycles. The van der Waals surface area contributed by atoms with E-state index in [0.29, 0.717) is 31.1 Å². The van der Waals surface area contributed by atoms with E-state index in [1.807, 2.05) is 17.9 Å². The van der Waals surface area contributed by atoms with Crippen LogP contribution in [0.3, 0.4) is 0 Å². The van der Waals surface area contributed by atoms with Crippen LogP contribution in [0.2, 0.25) is 0 Å². The smallest absolute Gasteiger partial charge is 0.416 e. The number of fused-ring (bicyclic) bond motifs is 1. The predicted octanol–water partition coefficient (Wildman–Crippen LogP) is 5.78. The van der Waals surface area contributed by atoms with Gasteiger partial charge in [0, 0.05) is 19.6 Å². The average molecular weight is 475 g/mol. The van der Waals surface area contributed by atoms with Crippen LogP contribution >= 0.6 is 0 Å². The number of hydrogen-bond acceptors (Lipinski definition) is 4. The highest BCUT2D eigenvalue weighted by Crippen LogP contribution is 2.37. The topological polar surface area (TPSA) is 41.6 Å². The van der Waals surface area contributed by atoms with Crippen molar-refractivity contribution in [1.82, 2.24) is 10.2 Å². The van der Waals surface area contributed by atoms with Crippen molar-refractivity contribution >= 4 is 5.97 Å². The Morgan fingerprint density at radius 3 is 2.74 bits per heavy atom. The lowest BCUT2D eigenvalue weighted by Crippen LogP contribution is -2.51. The second kappa shape index (κ2) is 10.1. The van der Waals surface area contributed by atoms with Gasteiger partial charge < -0.3 is 10.1 Å². The molecule has 0 aromatic heterocycles. The average Bonchev–Trinajstić information content (AvgIpc) is 3.25. The van der Waals surface area contributed by atoms with E-state index in [1.165, 1.54) is 23.3 Å². The Kier molecular flexibility index (Phi) is 7.33. The summed E-state index contributed by atoms with van der Waals surface area (Å²) < 4.78 is 45.6. The van der Waals surface area contributed by atoms with Crippen molar-refractivity contribution in [2.45, 2.75) is 70.3 Å². The number of halogens is 3. The fourth-order valence-electron chi connectivity index (χ4n) is 5.28. The summed E-state index contributed by atoms with van der Waals surface area (Å²) in [5.41, 5.74) is 3.55. The number of alkyl halides is 3. The van der Waals surface area contributed by atoms with E-state index in [4.69, 9.17) is 4.74 Å². The summed E-state index contributed by atoms with van der Waals surface area (Å²) in [6.45, 7) is 7.59. The maximum absolute atomic E-state index is 13.2. The third kappa shape index (κ3) is 5.15. The molecule has 1 fully saturated rings. The van der Waals surface area contributed by atoms with Gasteiger partial charge in [-0.25, -0.2) is 0 Å². The minimum Gasteiger partial charge on any atom is -0.446 e. The minimum absolute atomic E-state index is 0.319. The van der Waals surface area contributed by atoms with Crippen molar-refractivity contribution in [2.24, 2.45) is 0 Å². The van der Waals surface area contributed by atoms with E-state index in [9.17, 15) is 18.0 Å². The number of hydrogen-bond donors (Lipinski definition) is 1. The van der Waals surface area contributed by atoms with Gasteiger partial charge in [-0.2, -0.15) is 13.2 Å². The number of ether oxygens (including phenoxy) is 1. The highest BCUT2D eigenvalue weighted by Gasteiger charge is 2.34. The lowest BCUT2D eigenvalue weighted by atomic mass is 9.94. The van der Waals surface area contributed by atoms with Crippen LogP contribution in [0, 0.1) is 0 Å². The molecule has 1 N–H and O–H groups in total. The Morgan fingerprint density at radius 1 is 1.21 bits per heavy atom. The molecule has 34 heavy (non-hydrogen) atoms. The standard InChI is InChI=1S/C27H33F3N2O2/c1-4-19-8-9-21-14-20(10-11-24(19)21)17(2)26(33)34-18(3)32-13-12-31-16-25(32)22-6-5-7-23(15-22)27(28,29)30/h5-7,10-11,14-15,17-19,25,31H,4,8-9,12-13,16H2,1-3H3. The summed E-state index contributed by atoms with van der Waals surface area (Å²) in [6.07, 6.45) is -1.64. The quantitative estimate of drug-likeness (QED) is 0.539. The van der Waals surface area contributed by atoms with Gasteiger partial charge in [0.25, 0.3) is 0 Å². The summed E-state index contributed by atoms with van der Waals surface area (Å²) in [6, 6.07) is 11.4. The Bertz CT molecular complexity index is 1020. The molecule has 4 unspecified atom stereocenters. The first-order chi connectivity index (χ1) is 16.2. The van der Waals surface area contributed by atoms with Crippen LogP contribution in [0.5, 0.6) is 0 Å². The Balaban J connectivity index is 1.46. The second-order valence-electron chi connectivity index (χ2n) is 9.44. The number of benzene rings is 2. The molecule has 0 amide bonds. The molecule has 4 nitrogen and oxygen atoms in total. The second-order valence-corrected chi connectivity index (χ2v) is 9.44. The number of esters is 1. The first-order valence-corrected chi connectivity index (χ1v) is 12.2. The molecule has 0 bridgehead atoms. The maximum Gasteiger partial charge on any atom is 0.416 e. The van der Waals surface area contributed by atoms with Crippen LogP contribution in [0.25, 0.3) is 0 Å². The number of nitrogens with zero attached hydrogens (tertiary/aromatic N) is 1. The fourth-order valence-corrected chi connectivity index (χ4v) is 5.28. The third-order valence-electron chi connectivity index (χ3n) is 7.35. The first-order valence-electron chi connectivity index (χ1n) is 12.2. The van der Waals surface area contributed by atoms with Crippen molar-refractivity contribution < 1.29 is 22.7 Å². The van der Waals surface area contributed by atoms with Crippen LogP contribution in [0.1, 0.15) is 79.3 Å². The van der Waals surface area contributed by atoms with Gasteiger partial charge in [-0.1, -0.05) is 37.3 Å². The molecular weight excluding hydrogens is 441 g/mol. The van der Waals surface area contributed by atoms with Crippen molar-refractivity contribution in [3.63, 3.8) is 0 Å². The molecule has 184 valence electrons. The predicted molar refractivity (Wildman–Crippen MR) is 126 cm³/mol. The zero-order valence-corrected chi connectivity index (χ0v) is 20.0. The largest absolute Gasteiger partial charge is 0.446 e. The molecule has 2 aliphatic rings. The Morgan fingerprint density at radius 2 is 2.00 bits per heavy atom. The van der Waals surface area contributed by atoms with Crippen LogP contribution in [0.4, 0.5) is 13.2 Å². The molecule has 7 heteroatoms. The fraction of sp³-hybridized carbons (Fsp3) is 0.519. The van der Waals surface area contributed by atoms with Gasteiger partial charge in [0.15, 0.2) is 6.23 Å². The van der Waals surface area contributed by atoms with Gasteiger partial charge in [0.05, 0.1) is 17.5 Å². The van der Waals surface area contributed by atoms with Gasteiger partial charge in [0.1, 0.15) is 0 Å². The van der Waals surface area contributed by atoms with Crippen LogP contribution < -0.4 is 5.32 Å². The van der Waals surface area contributed by atoms with E-state index >= 15 is 0 Å². The molecule has 0 saturated carbocycles. The summed E-state index contributed by atoms with van der Waals surface area (Å²) in [5, 5.41) is 3.25. The van der Waals surface area contributed by atoms with Gasteiger partial charge in [0.2, 0.25) is 0 Å². The highest BCUT2D eigenvalue weighted by molar-refractivity contribution is 5.78. The van der Waals surface area contributed by atoms with E-state index in [1.54, 1.807) is 13.0 Å². The SMILES string of the molecule is CCC1CCc2cc(C(C)C(=O)OC(C)N3CCNCC3c3cccc(C(F)(F)F)c3)ccc21. The lowest BCUT2D eigenvalue weighted by Gasteiger charge is -2.40. The molecule has 4 rings (SSSR count). The van der Waals surface area contributed by atoms with Gasteiger partial charge in [-0.3, -0.25) is 9.69 Å². The van der Waals surface area contributed by atoms with Crippen molar-refractivity contribution in [1.29, 1.82) is 0 Å². The molecule has 1 aliphatic heterocycles. The molecule has 0 radical (unpaired) electrons. The number of carbonyl (C=O) groups is 1. The molecule has 1 saturated heterocycles. The maximum atomic E-state index is 13.2. The summed E-state index contributed by atoms with van der Waals surface area (Å²) in [7, 11) is 0. The number of nitrogens with one attached hydrogen (secondary N) is 1. The third-order valence-corrected chi connectivity index (χ3v) is 7.35. The summed E-state index contributed by atoms with van der Waals surface area (Å²) in [5.74, 6) is -0.131. The van der Waals surface area contributed by atoms with Crippen molar-refractivity contribution in [3.8, 4) is 0 Å². The van der Waals surface area contributed by atoms with Crippen LogP contribution in [-0.4, -0.2) is 36.7 Å². The summed E-state index contributed by atoms with van der Waals surface area (Å²) >= 11 is 0. The zero-order chi connectivity index (χ0) is 24.5. The zero-order valence-electron chi connectivity index (χ0n) is 20.0. The van der Waals surface area contributed by atoms with E-state index in [-0.39, 0.29) is 12.0 Å². The Hall–Kier alpha value is -2.38. The van der Waals surface area contributed by atoms with E-state index < -0.39 is 23.9 Å². The minimum atomic E-state index is -4.40. The van der Waals surface area contributed by atoms with E-state index in [2.05, 4.69) is 24.4 Å². The molecule has 2 aromatic rings. The first kappa shape index (κ1) is 24.7. The van der Waals surface area contributed by atoms with Crippen LogP contribution in [-0.2, 0) is 22.1 Å². The number of piperazine rings is 1. The van der Waals surface area contributed by atoms with Crippen molar-refractivity contribution in [2.75, 3.05) is 19.6 Å². The Labute approximate surface area is 199 Å². The summed E-state index contributed by atoms with van der Waals surface area (Å²) in [4.78, 5) is 15.0. The van der Waals surface area contributed by atoms with Gasteiger partial charge in [-0.05, 0) is 73.4 Å². The lowest BCUT2D eigenvalue weighted by molar-refractivity contribution is -0.162. The number of carbonyl (C=O) groups excluding carboxylic acids is 1. The highest BCUT2D eigenvalue weighted by atomic mass is 19.4. The van der Waals surface area contributed by atoms with Crippen LogP contribution in [0.15, 0.2) is 42.5 Å². The number of rotatable bonds is 6. The monoisotopic (exact) mass is 474 g/mol. The van der Waals surface area contributed by atoms with Gasteiger partial charge in [-0.15, -0.1) is 0 Å². The molecule has 0 spiro atoms. The molecular formula is C27H33F3N2O2. The van der Waals surface area contributed by atoms with Crippen molar-refractivity contribution in [3.05, 3.63) is 70.3 Å². The van der Waals surface area contributed by atoms with E-state index in [0.717, 1.165) is 30.9 Å². The number of aryl methyl sites for hydroxylation is 1.